The Morgan fingerprint density at radius 2 is 1.60 bits per heavy atom. The zero-order chi connectivity index (χ0) is 14.0. The van der Waals surface area contributed by atoms with Crippen LogP contribution in [-0.4, -0.2) is 12.6 Å². The molecule has 20 heavy (non-hydrogen) atoms. The van der Waals surface area contributed by atoms with E-state index in [1.54, 1.807) is 19.3 Å². The summed E-state index contributed by atoms with van der Waals surface area (Å²) in [5, 5.41) is 0. The van der Waals surface area contributed by atoms with Crippen molar-refractivity contribution in [2.24, 2.45) is 23.2 Å². The summed E-state index contributed by atoms with van der Waals surface area (Å²) < 4.78 is 4.98. The summed E-state index contributed by atoms with van der Waals surface area (Å²) in [6.07, 6.45) is 14.8. The molecule has 0 aromatic rings. The summed E-state index contributed by atoms with van der Waals surface area (Å²) >= 11 is 0. The number of esters is 1. The molecule has 4 aliphatic carbocycles. The number of carbonyl (C=O) groups excluding carboxylic acids is 1. The van der Waals surface area contributed by atoms with Crippen LogP contribution in [0.2, 0.25) is 0 Å². The molecule has 0 saturated heterocycles. The van der Waals surface area contributed by atoms with Crippen molar-refractivity contribution < 1.29 is 9.53 Å². The second-order valence-electron chi connectivity index (χ2n) is 7.78. The maximum atomic E-state index is 11.3. The highest BCUT2D eigenvalue weighted by Crippen LogP contribution is 2.61. The van der Waals surface area contributed by atoms with Gasteiger partial charge in [-0.15, -0.1) is 0 Å². The van der Waals surface area contributed by atoms with Crippen molar-refractivity contribution in [2.45, 2.75) is 77.6 Å². The summed E-state index contributed by atoms with van der Waals surface area (Å²) in [5.74, 6) is 3.20. The number of rotatable bonds is 7. The number of hydrogen-bond donors (Lipinski definition) is 0. The molecule has 4 bridgehead atoms. The van der Waals surface area contributed by atoms with Crippen LogP contribution in [0.3, 0.4) is 0 Å². The highest BCUT2D eigenvalue weighted by Gasteiger charge is 2.50. The molecule has 0 atom stereocenters. The van der Waals surface area contributed by atoms with Crippen molar-refractivity contribution in [1.29, 1.82) is 0 Å². The van der Waals surface area contributed by atoms with E-state index >= 15 is 0 Å². The molecule has 0 heterocycles. The first-order valence-corrected chi connectivity index (χ1v) is 8.85. The molecule has 0 unspecified atom stereocenters. The first kappa shape index (κ1) is 14.4. The molecule has 114 valence electrons. The summed E-state index contributed by atoms with van der Waals surface area (Å²) in [6, 6.07) is 0. The SMILES string of the molecule is CCOC(=O)CCCCCC12CC3CC(CC(C3)C1)C2. The monoisotopic (exact) mass is 278 g/mol. The van der Waals surface area contributed by atoms with Crippen molar-refractivity contribution in [3.05, 3.63) is 0 Å². The lowest BCUT2D eigenvalue weighted by Crippen LogP contribution is -2.45. The standard InChI is InChI=1S/C18H30O2/c1-2-20-17(19)6-4-3-5-7-18-11-14-8-15(12-18)10-16(9-14)13-18/h14-16H,2-13H2,1H3. The number of unbranched alkanes of at least 4 members (excludes halogenated alkanes) is 2. The molecule has 4 fully saturated rings. The van der Waals surface area contributed by atoms with Crippen molar-refractivity contribution in [3.8, 4) is 0 Å². The Bertz CT molecular complexity index is 312. The minimum Gasteiger partial charge on any atom is -0.466 e. The average molecular weight is 278 g/mol. The minimum absolute atomic E-state index is 0.0118. The van der Waals surface area contributed by atoms with Crippen molar-refractivity contribution in [1.82, 2.24) is 0 Å². The molecule has 0 amide bonds. The second-order valence-corrected chi connectivity index (χ2v) is 7.78. The summed E-state index contributed by atoms with van der Waals surface area (Å²) in [7, 11) is 0. The van der Waals surface area contributed by atoms with Gasteiger partial charge in [0.1, 0.15) is 0 Å². The summed E-state index contributed by atoms with van der Waals surface area (Å²) in [6.45, 7) is 2.40. The van der Waals surface area contributed by atoms with Gasteiger partial charge in [0, 0.05) is 6.42 Å². The Morgan fingerprint density at radius 3 is 2.15 bits per heavy atom. The van der Waals surface area contributed by atoms with Crippen LogP contribution in [0.25, 0.3) is 0 Å². The molecule has 4 rings (SSSR count). The predicted octanol–water partition coefficient (Wildman–Crippen LogP) is 4.72. The molecular weight excluding hydrogens is 248 g/mol. The Labute approximate surface area is 123 Å². The molecule has 0 aromatic carbocycles. The van der Waals surface area contributed by atoms with Crippen LogP contribution < -0.4 is 0 Å². The van der Waals surface area contributed by atoms with Gasteiger partial charge in [-0.3, -0.25) is 4.79 Å². The minimum atomic E-state index is -0.0118. The zero-order valence-corrected chi connectivity index (χ0v) is 13.0. The van der Waals surface area contributed by atoms with Gasteiger partial charge in [0.15, 0.2) is 0 Å². The van der Waals surface area contributed by atoms with Gasteiger partial charge >= 0.3 is 5.97 Å². The van der Waals surface area contributed by atoms with Crippen LogP contribution in [-0.2, 0) is 9.53 Å². The molecular formula is C18H30O2. The largest absolute Gasteiger partial charge is 0.466 e. The lowest BCUT2D eigenvalue weighted by atomic mass is 9.48. The third-order valence-corrected chi connectivity index (χ3v) is 6.06. The maximum Gasteiger partial charge on any atom is 0.305 e. The Hall–Kier alpha value is -0.530. The molecule has 0 radical (unpaired) electrons. The van der Waals surface area contributed by atoms with Crippen LogP contribution in [0.1, 0.15) is 77.6 Å². The number of ether oxygens (including phenoxy) is 1. The highest BCUT2D eigenvalue weighted by atomic mass is 16.5. The quantitative estimate of drug-likeness (QED) is 0.497. The summed E-state index contributed by atoms with van der Waals surface area (Å²) in [5.41, 5.74) is 0.721. The second kappa shape index (κ2) is 6.07. The van der Waals surface area contributed by atoms with E-state index in [0.717, 1.165) is 29.6 Å². The fraction of sp³-hybridized carbons (Fsp3) is 0.944. The Morgan fingerprint density at radius 1 is 1.00 bits per heavy atom. The Kier molecular flexibility index (Phi) is 4.37. The smallest absolute Gasteiger partial charge is 0.305 e. The molecule has 0 aliphatic heterocycles. The van der Waals surface area contributed by atoms with E-state index in [2.05, 4.69) is 0 Å². The van der Waals surface area contributed by atoms with Crippen molar-refractivity contribution >= 4 is 5.97 Å². The van der Waals surface area contributed by atoms with Crippen LogP contribution >= 0.6 is 0 Å². The third kappa shape index (κ3) is 3.20. The fourth-order valence-corrected chi connectivity index (χ4v) is 5.78. The van der Waals surface area contributed by atoms with Crippen LogP contribution in [0.5, 0.6) is 0 Å². The molecule has 0 N–H and O–H groups in total. The van der Waals surface area contributed by atoms with Crippen molar-refractivity contribution in [3.63, 3.8) is 0 Å². The van der Waals surface area contributed by atoms with Crippen LogP contribution in [0, 0.1) is 23.2 Å². The van der Waals surface area contributed by atoms with E-state index in [-0.39, 0.29) is 5.97 Å². The number of hydrogen-bond acceptors (Lipinski definition) is 2. The van der Waals surface area contributed by atoms with E-state index < -0.39 is 0 Å². The van der Waals surface area contributed by atoms with Gasteiger partial charge in [0.05, 0.1) is 6.61 Å². The lowest BCUT2D eigenvalue weighted by Gasteiger charge is -2.57. The molecule has 0 spiro atoms. The van der Waals surface area contributed by atoms with Gasteiger partial charge in [0.2, 0.25) is 0 Å². The average Bonchev–Trinajstić information content (AvgIpc) is 2.36. The third-order valence-electron chi connectivity index (χ3n) is 6.06. The van der Waals surface area contributed by atoms with Gasteiger partial charge < -0.3 is 4.74 Å². The van der Waals surface area contributed by atoms with E-state index in [0.29, 0.717) is 13.0 Å². The van der Waals surface area contributed by atoms with E-state index in [4.69, 9.17) is 4.74 Å². The van der Waals surface area contributed by atoms with Gasteiger partial charge in [-0.1, -0.05) is 12.8 Å². The van der Waals surface area contributed by atoms with Gasteiger partial charge in [-0.05, 0) is 81.5 Å². The first-order valence-electron chi connectivity index (χ1n) is 8.85. The highest BCUT2D eigenvalue weighted by molar-refractivity contribution is 5.69. The molecule has 0 aromatic heterocycles. The summed E-state index contributed by atoms with van der Waals surface area (Å²) in [4.78, 5) is 11.3. The molecule has 2 heteroatoms. The fourth-order valence-electron chi connectivity index (χ4n) is 5.78. The Balaban J connectivity index is 1.37. The van der Waals surface area contributed by atoms with Crippen molar-refractivity contribution in [2.75, 3.05) is 6.61 Å². The van der Waals surface area contributed by atoms with Crippen LogP contribution in [0.15, 0.2) is 0 Å². The molecule has 4 aliphatic rings. The van der Waals surface area contributed by atoms with E-state index in [1.165, 1.54) is 38.5 Å². The van der Waals surface area contributed by atoms with Crippen LogP contribution in [0.4, 0.5) is 0 Å². The van der Waals surface area contributed by atoms with Gasteiger partial charge in [-0.25, -0.2) is 0 Å². The van der Waals surface area contributed by atoms with E-state index in [9.17, 15) is 4.79 Å². The lowest BCUT2D eigenvalue weighted by molar-refractivity contribution is -0.143. The zero-order valence-electron chi connectivity index (χ0n) is 13.0. The number of carbonyl (C=O) groups is 1. The van der Waals surface area contributed by atoms with E-state index in [1.807, 2.05) is 6.92 Å². The normalized spacial score (nSPS) is 38.1. The maximum absolute atomic E-state index is 11.3. The molecule has 4 saturated carbocycles. The molecule has 2 nitrogen and oxygen atoms in total. The first-order chi connectivity index (χ1) is 9.69. The van der Waals surface area contributed by atoms with Gasteiger partial charge in [0.25, 0.3) is 0 Å². The predicted molar refractivity (Wildman–Crippen MR) is 80.3 cm³/mol. The topological polar surface area (TPSA) is 26.3 Å². The van der Waals surface area contributed by atoms with Gasteiger partial charge in [-0.2, -0.15) is 0 Å².